The van der Waals surface area contributed by atoms with Crippen LogP contribution >= 0.6 is 11.3 Å². The maximum atomic E-state index is 5.69. The Morgan fingerprint density at radius 2 is 1.84 bits per heavy atom. The van der Waals surface area contributed by atoms with E-state index in [1.807, 2.05) is 48.3 Å². The molecule has 1 aromatic carbocycles. The van der Waals surface area contributed by atoms with E-state index in [4.69, 9.17) is 5.73 Å². The van der Waals surface area contributed by atoms with E-state index in [9.17, 15) is 0 Å². The summed E-state index contributed by atoms with van der Waals surface area (Å²) in [6, 6.07) is 7.78. The Balaban J connectivity index is 1.97. The van der Waals surface area contributed by atoms with Crippen molar-refractivity contribution in [3.05, 3.63) is 47.2 Å². The van der Waals surface area contributed by atoms with Crippen LogP contribution in [0, 0.1) is 13.8 Å². The number of aryl methyl sites for hydroxylation is 2. The Morgan fingerprint density at radius 3 is 2.47 bits per heavy atom. The first-order chi connectivity index (χ1) is 9.13. The van der Waals surface area contributed by atoms with Crippen molar-refractivity contribution >= 4 is 17.0 Å². The average Bonchev–Trinajstić information content (AvgIpc) is 2.99. The maximum absolute atomic E-state index is 5.69. The molecule has 0 saturated carbocycles. The smallest absolute Gasteiger partial charge is 0.210 e. The summed E-state index contributed by atoms with van der Waals surface area (Å²) in [6.07, 6.45) is 3.83. The van der Waals surface area contributed by atoms with Gasteiger partial charge in [-0.15, -0.1) is 0 Å². The zero-order chi connectivity index (χ0) is 13.4. The highest BCUT2D eigenvalue weighted by Crippen LogP contribution is 2.24. The highest BCUT2D eigenvalue weighted by molar-refractivity contribution is 7.14. The molecular formula is C14H14N4S. The van der Waals surface area contributed by atoms with Crippen molar-refractivity contribution in [1.82, 2.24) is 14.8 Å². The summed E-state index contributed by atoms with van der Waals surface area (Å²) in [5, 5.41) is 5.27. The summed E-state index contributed by atoms with van der Waals surface area (Å²) in [6.45, 7) is 4.08. The van der Waals surface area contributed by atoms with Crippen molar-refractivity contribution in [2.75, 3.05) is 5.73 Å². The van der Waals surface area contributed by atoms with Crippen molar-refractivity contribution in [3.8, 4) is 16.3 Å². The number of nitrogen functional groups attached to an aromatic ring is 1. The second-order valence-corrected chi connectivity index (χ2v) is 5.62. The van der Waals surface area contributed by atoms with Crippen LogP contribution in [-0.4, -0.2) is 14.8 Å². The molecule has 0 aliphatic rings. The van der Waals surface area contributed by atoms with Crippen LogP contribution in [-0.2, 0) is 0 Å². The monoisotopic (exact) mass is 270 g/mol. The van der Waals surface area contributed by atoms with Crippen molar-refractivity contribution in [2.24, 2.45) is 0 Å². The normalized spacial score (nSPS) is 10.8. The number of aromatic nitrogens is 3. The first kappa shape index (κ1) is 11.9. The van der Waals surface area contributed by atoms with Crippen LogP contribution in [0.25, 0.3) is 16.3 Å². The van der Waals surface area contributed by atoms with Gasteiger partial charge in [-0.2, -0.15) is 5.10 Å². The van der Waals surface area contributed by atoms with Crippen LogP contribution in [0.4, 0.5) is 5.69 Å². The minimum absolute atomic E-state index is 0.766. The lowest BCUT2D eigenvalue weighted by Crippen LogP contribution is -1.92. The van der Waals surface area contributed by atoms with Gasteiger partial charge in [-0.1, -0.05) is 23.5 Å². The van der Waals surface area contributed by atoms with E-state index in [0.29, 0.717) is 0 Å². The number of anilines is 1. The third kappa shape index (κ3) is 2.24. The number of hydrogen-bond acceptors (Lipinski definition) is 4. The predicted molar refractivity (Wildman–Crippen MR) is 78.6 cm³/mol. The van der Waals surface area contributed by atoms with Crippen LogP contribution in [0.1, 0.15) is 10.6 Å². The average molecular weight is 270 g/mol. The predicted octanol–water partition coefficient (Wildman–Crippen LogP) is 3.19. The van der Waals surface area contributed by atoms with Gasteiger partial charge in [-0.05, 0) is 31.5 Å². The lowest BCUT2D eigenvalue weighted by molar-refractivity contribution is 0.865. The van der Waals surface area contributed by atoms with Gasteiger partial charge in [0.25, 0.3) is 0 Å². The minimum Gasteiger partial charge on any atom is -0.399 e. The molecule has 2 heterocycles. The van der Waals surface area contributed by atoms with Gasteiger partial charge < -0.3 is 5.73 Å². The van der Waals surface area contributed by atoms with Crippen LogP contribution in [0.15, 0.2) is 36.7 Å². The largest absolute Gasteiger partial charge is 0.399 e. The van der Waals surface area contributed by atoms with Gasteiger partial charge in [0, 0.05) is 22.3 Å². The zero-order valence-corrected chi connectivity index (χ0v) is 11.6. The molecule has 0 fully saturated rings. The minimum atomic E-state index is 0.766. The van der Waals surface area contributed by atoms with E-state index in [2.05, 4.69) is 17.0 Å². The number of thiazole rings is 1. The third-order valence-electron chi connectivity index (χ3n) is 3.04. The van der Waals surface area contributed by atoms with Gasteiger partial charge in [-0.3, -0.25) is 0 Å². The van der Waals surface area contributed by atoms with Gasteiger partial charge in [0.15, 0.2) is 0 Å². The van der Waals surface area contributed by atoms with Crippen LogP contribution in [0.2, 0.25) is 0 Å². The molecule has 3 rings (SSSR count). The number of nitrogens with zero attached hydrogens (tertiary/aromatic N) is 3. The summed E-state index contributed by atoms with van der Waals surface area (Å²) >= 11 is 1.65. The molecule has 0 aliphatic heterocycles. The quantitative estimate of drug-likeness (QED) is 0.727. The van der Waals surface area contributed by atoms with Crippen molar-refractivity contribution in [1.29, 1.82) is 0 Å². The second-order valence-electron chi connectivity index (χ2n) is 4.43. The fourth-order valence-electron chi connectivity index (χ4n) is 1.81. The Labute approximate surface area is 115 Å². The summed E-state index contributed by atoms with van der Waals surface area (Å²) in [5.41, 5.74) is 9.68. The fourth-order valence-corrected chi connectivity index (χ4v) is 2.65. The molecule has 0 saturated heterocycles. The molecule has 2 N–H and O–H groups in total. The summed E-state index contributed by atoms with van der Waals surface area (Å²) in [5.74, 6) is 0. The lowest BCUT2D eigenvalue weighted by atomic mass is 10.1. The highest BCUT2D eigenvalue weighted by atomic mass is 32.1. The molecule has 2 aromatic heterocycles. The van der Waals surface area contributed by atoms with Crippen molar-refractivity contribution in [2.45, 2.75) is 13.8 Å². The molecule has 96 valence electrons. The summed E-state index contributed by atoms with van der Waals surface area (Å²) < 4.78 is 1.82. The maximum Gasteiger partial charge on any atom is 0.210 e. The SMILES string of the molecule is Cc1nc(-n2cc(-c3ccc(N)cc3)cn2)sc1C. The topological polar surface area (TPSA) is 56.7 Å². The van der Waals surface area contributed by atoms with Crippen LogP contribution < -0.4 is 5.73 Å². The Kier molecular flexibility index (Phi) is 2.83. The third-order valence-corrected chi connectivity index (χ3v) is 4.10. The van der Waals surface area contributed by atoms with Gasteiger partial charge in [0.1, 0.15) is 0 Å². The molecule has 0 unspecified atom stereocenters. The molecule has 0 bridgehead atoms. The van der Waals surface area contributed by atoms with Gasteiger partial charge in [-0.25, -0.2) is 9.67 Å². The van der Waals surface area contributed by atoms with E-state index in [1.54, 1.807) is 11.3 Å². The molecule has 4 nitrogen and oxygen atoms in total. The fraction of sp³-hybridized carbons (Fsp3) is 0.143. The molecule has 0 aliphatic carbocycles. The van der Waals surface area contributed by atoms with E-state index in [-0.39, 0.29) is 0 Å². The molecular weight excluding hydrogens is 256 g/mol. The number of nitrogens with two attached hydrogens (primary N) is 1. The number of hydrogen-bond donors (Lipinski definition) is 1. The Morgan fingerprint density at radius 1 is 1.11 bits per heavy atom. The first-order valence-corrected chi connectivity index (χ1v) is 6.80. The summed E-state index contributed by atoms with van der Waals surface area (Å²) in [7, 11) is 0. The van der Waals surface area contributed by atoms with Gasteiger partial charge >= 0.3 is 0 Å². The molecule has 19 heavy (non-hydrogen) atoms. The molecule has 0 radical (unpaired) electrons. The standard InChI is InChI=1S/C14H14N4S/c1-9-10(2)19-14(17-9)18-8-12(7-16-18)11-3-5-13(15)6-4-11/h3-8H,15H2,1-2H3. The lowest BCUT2D eigenvalue weighted by Gasteiger charge is -1.97. The number of benzene rings is 1. The van der Waals surface area contributed by atoms with Gasteiger partial charge in [0.2, 0.25) is 5.13 Å². The van der Waals surface area contributed by atoms with Gasteiger partial charge in [0.05, 0.1) is 11.9 Å². The molecule has 0 amide bonds. The Bertz CT molecular complexity index is 690. The molecule has 0 atom stereocenters. The van der Waals surface area contributed by atoms with E-state index < -0.39 is 0 Å². The van der Waals surface area contributed by atoms with Crippen LogP contribution in [0.5, 0.6) is 0 Å². The van der Waals surface area contributed by atoms with E-state index in [0.717, 1.165) is 27.6 Å². The van der Waals surface area contributed by atoms with E-state index in [1.165, 1.54) is 4.88 Å². The molecule has 3 aromatic rings. The van der Waals surface area contributed by atoms with Crippen molar-refractivity contribution in [3.63, 3.8) is 0 Å². The number of rotatable bonds is 2. The van der Waals surface area contributed by atoms with Crippen molar-refractivity contribution < 1.29 is 0 Å². The molecule has 5 heteroatoms. The summed E-state index contributed by atoms with van der Waals surface area (Å²) in [4.78, 5) is 5.72. The molecule has 0 spiro atoms. The first-order valence-electron chi connectivity index (χ1n) is 5.98. The second kappa shape index (κ2) is 4.51. The van der Waals surface area contributed by atoms with E-state index >= 15 is 0 Å². The Hall–Kier alpha value is -2.14. The van der Waals surface area contributed by atoms with Crippen LogP contribution in [0.3, 0.4) is 0 Å². The highest BCUT2D eigenvalue weighted by Gasteiger charge is 2.08. The zero-order valence-electron chi connectivity index (χ0n) is 10.8.